The molecule has 71 valence electrons. The fourth-order valence-corrected chi connectivity index (χ4v) is 1.83. The molecule has 0 aliphatic heterocycles. The van der Waals surface area contributed by atoms with E-state index in [1.54, 1.807) is 0 Å². The van der Waals surface area contributed by atoms with Crippen molar-refractivity contribution in [3.8, 4) is 0 Å². The van der Waals surface area contributed by atoms with Gasteiger partial charge in [-0.3, -0.25) is 0 Å². The molecule has 0 aromatic carbocycles. The molecule has 12 heavy (non-hydrogen) atoms. The summed E-state index contributed by atoms with van der Waals surface area (Å²) in [6.07, 6.45) is 6.02. The first-order chi connectivity index (χ1) is 5.29. The molecule has 0 nitrogen and oxygen atoms in total. The number of hydrogen-bond acceptors (Lipinski definition) is 0. The van der Waals surface area contributed by atoms with Crippen LogP contribution < -0.4 is 0 Å². The molecule has 0 fully saturated rings. The molecule has 1 unspecified atom stereocenters. The summed E-state index contributed by atoms with van der Waals surface area (Å²) < 4.78 is 0. The minimum atomic E-state index is 0. The van der Waals surface area contributed by atoms with Crippen molar-refractivity contribution in [1.29, 1.82) is 0 Å². The SMILES string of the molecule is [CH2-]CCC(C[CH2-])C(CC)CC.[Y]. The van der Waals surface area contributed by atoms with E-state index >= 15 is 0 Å². The maximum Gasteiger partial charge on any atom is 0 e. The van der Waals surface area contributed by atoms with Gasteiger partial charge in [0.15, 0.2) is 0 Å². The van der Waals surface area contributed by atoms with E-state index in [-0.39, 0.29) is 32.7 Å². The standard InChI is InChI=1S/C11H22.Y/c1-5-9-11(8-4)10(6-2)7-3;/h10-11H,1,4-9H2,2-3H3;/q-2;. The Bertz CT molecular complexity index is 77.1. The molecule has 1 radical (unpaired) electrons. The fourth-order valence-electron chi connectivity index (χ4n) is 1.83. The summed E-state index contributed by atoms with van der Waals surface area (Å²) in [6.45, 7) is 12.4. The molecule has 0 aromatic heterocycles. The van der Waals surface area contributed by atoms with Gasteiger partial charge in [0.2, 0.25) is 0 Å². The summed E-state index contributed by atoms with van der Waals surface area (Å²) in [5.74, 6) is 1.71. The Morgan fingerprint density at radius 2 is 1.50 bits per heavy atom. The molecule has 0 aliphatic rings. The maximum absolute atomic E-state index is 3.99. The van der Waals surface area contributed by atoms with Gasteiger partial charge in [0.25, 0.3) is 0 Å². The minimum Gasteiger partial charge on any atom is -0.343 e. The summed E-state index contributed by atoms with van der Waals surface area (Å²) in [6, 6.07) is 0. The maximum atomic E-state index is 3.99. The number of hydrogen-bond donors (Lipinski definition) is 0. The summed E-state index contributed by atoms with van der Waals surface area (Å²) in [5.41, 5.74) is 0. The smallest absolute Gasteiger partial charge is 0 e. The normalized spacial score (nSPS) is 12.8. The van der Waals surface area contributed by atoms with Crippen LogP contribution in [-0.4, -0.2) is 0 Å². The van der Waals surface area contributed by atoms with Gasteiger partial charge in [-0.1, -0.05) is 39.0 Å². The summed E-state index contributed by atoms with van der Waals surface area (Å²) >= 11 is 0. The van der Waals surface area contributed by atoms with E-state index in [0.717, 1.165) is 24.7 Å². The predicted octanol–water partition coefficient (Wildman–Crippen LogP) is 3.87. The third-order valence-corrected chi connectivity index (χ3v) is 2.66. The molecule has 0 amide bonds. The van der Waals surface area contributed by atoms with E-state index in [1.165, 1.54) is 19.3 Å². The minimum absolute atomic E-state index is 0. The average molecular weight is 243 g/mol. The van der Waals surface area contributed by atoms with Crippen LogP contribution in [0.1, 0.15) is 46.0 Å². The van der Waals surface area contributed by atoms with Crippen LogP contribution in [0.25, 0.3) is 0 Å². The van der Waals surface area contributed by atoms with Crippen LogP contribution in [0, 0.1) is 25.7 Å². The van der Waals surface area contributed by atoms with Gasteiger partial charge in [-0.25, -0.2) is 0 Å². The molecule has 0 spiro atoms. The molecule has 0 bridgehead atoms. The van der Waals surface area contributed by atoms with Gasteiger partial charge in [-0.2, -0.15) is 12.8 Å². The van der Waals surface area contributed by atoms with Crippen molar-refractivity contribution >= 4 is 0 Å². The van der Waals surface area contributed by atoms with Gasteiger partial charge >= 0.3 is 0 Å². The fraction of sp³-hybridized carbons (Fsp3) is 0.818. The Labute approximate surface area is 104 Å². The Balaban J connectivity index is 0. The Morgan fingerprint density at radius 1 is 1.00 bits per heavy atom. The molecular formula is C11H22Y-2. The van der Waals surface area contributed by atoms with Crippen molar-refractivity contribution < 1.29 is 32.7 Å². The van der Waals surface area contributed by atoms with Gasteiger partial charge < -0.3 is 13.8 Å². The van der Waals surface area contributed by atoms with Crippen LogP contribution in [0.5, 0.6) is 0 Å². The average Bonchev–Trinajstić information content (AvgIpc) is 2.05. The largest absolute Gasteiger partial charge is 0.343 e. The zero-order valence-electron chi connectivity index (χ0n) is 8.68. The Hall–Kier alpha value is 1.10. The van der Waals surface area contributed by atoms with Crippen LogP contribution in [0.2, 0.25) is 0 Å². The van der Waals surface area contributed by atoms with E-state index in [1.807, 2.05) is 0 Å². The van der Waals surface area contributed by atoms with Crippen LogP contribution in [-0.2, 0) is 32.7 Å². The molecule has 0 aliphatic carbocycles. The molecule has 0 heterocycles. The van der Waals surface area contributed by atoms with Crippen molar-refractivity contribution in [3.05, 3.63) is 13.8 Å². The summed E-state index contributed by atoms with van der Waals surface area (Å²) in [5, 5.41) is 0. The zero-order valence-corrected chi connectivity index (χ0v) is 11.5. The van der Waals surface area contributed by atoms with Crippen molar-refractivity contribution in [2.24, 2.45) is 11.8 Å². The molecule has 1 atom stereocenters. The van der Waals surface area contributed by atoms with Crippen molar-refractivity contribution in [1.82, 2.24) is 0 Å². The monoisotopic (exact) mass is 243 g/mol. The van der Waals surface area contributed by atoms with E-state index in [4.69, 9.17) is 0 Å². The van der Waals surface area contributed by atoms with Crippen molar-refractivity contribution in [2.75, 3.05) is 0 Å². The van der Waals surface area contributed by atoms with Gasteiger partial charge in [0.05, 0.1) is 0 Å². The molecule has 0 saturated carbocycles. The molecule has 0 rings (SSSR count). The van der Waals surface area contributed by atoms with E-state index in [9.17, 15) is 0 Å². The van der Waals surface area contributed by atoms with Crippen LogP contribution >= 0.6 is 0 Å². The molecule has 0 aromatic rings. The summed E-state index contributed by atoms with van der Waals surface area (Å²) in [7, 11) is 0. The molecule has 0 saturated heterocycles. The molecule has 1 heteroatoms. The predicted molar refractivity (Wildman–Crippen MR) is 52.1 cm³/mol. The topological polar surface area (TPSA) is 0 Å². The second-order valence-corrected chi connectivity index (χ2v) is 3.27. The third-order valence-electron chi connectivity index (χ3n) is 2.66. The van der Waals surface area contributed by atoms with Crippen LogP contribution in [0.3, 0.4) is 0 Å². The van der Waals surface area contributed by atoms with E-state index < -0.39 is 0 Å². The second kappa shape index (κ2) is 10.2. The first kappa shape index (κ1) is 15.6. The summed E-state index contributed by atoms with van der Waals surface area (Å²) in [4.78, 5) is 0. The molecular weight excluding hydrogens is 221 g/mol. The Morgan fingerprint density at radius 3 is 1.75 bits per heavy atom. The van der Waals surface area contributed by atoms with E-state index in [0.29, 0.717) is 0 Å². The van der Waals surface area contributed by atoms with Crippen LogP contribution in [0.15, 0.2) is 0 Å². The van der Waals surface area contributed by atoms with Gasteiger partial charge in [-0.05, 0) is 5.92 Å². The zero-order chi connectivity index (χ0) is 8.69. The number of rotatable bonds is 6. The van der Waals surface area contributed by atoms with Crippen molar-refractivity contribution in [2.45, 2.75) is 46.0 Å². The van der Waals surface area contributed by atoms with Gasteiger partial charge in [-0.15, -0.1) is 0 Å². The second-order valence-electron chi connectivity index (χ2n) is 3.27. The van der Waals surface area contributed by atoms with Gasteiger partial charge in [0.1, 0.15) is 0 Å². The quantitative estimate of drug-likeness (QED) is 0.621. The first-order valence-corrected chi connectivity index (χ1v) is 4.88. The third kappa shape index (κ3) is 5.70. The Kier molecular flexibility index (Phi) is 13.2. The van der Waals surface area contributed by atoms with Gasteiger partial charge in [0, 0.05) is 32.7 Å². The van der Waals surface area contributed by atoms with Crippen molar-refractivity contribution in [3.63, 3.8) is 0 Å². The van der Waals surface area contributed by atoms with E-state index in [2.05, 4.69) is 27.7 Å². The molecule has 0 N–H and O–H groups in total. The first-order valence-electron chi connectivity index (χ1n) is 4.88. The van der Waals surface area contributed by atoms with Crippen LogP contribution in [0.4, 0.5) is 0 Å².